The topological polar surface area (TPSA) is 37.4 Å². The summed E-state index contributed by atoms with van der Waals surface area (Å²) in [5, 5.41) is 0. The molecule has 1 aliphatic carbocycles. The van der Waals surface area contributed by atoms with Crippen molar-refractivity contribution in [2.24, 2.45) is 17.3 Å². The van der Waals surface area contributed by atoms with Gasteiger partial charge in [-0.05, 0) is 24.7 Å². The molecular weight excluding hydrogens is 178 g/mol. The van der Waals surface area contributed by atoms with Crippen molar-refractivity contribution >= 4 is 11.8 Å². The predicted molar refractivity (Wildman–Crippen MR) is 52.4 cm³/mol. The van der Waals surface area contributed by atoms with Crippen LogP contribution in [-0.4, -0.2) is 23.8 Å². The Bertz CT molecular complexity index is 300. The van der Waals surface area contributed by atoms with Gasteiger partial charge in [-0.1, -0.05) is 13.8 Å². The number of rotatable bonds is 1. The van der Waals surface area contributed by atoms with Gasteiger partial charge in [0.1, 0.15) is 0 Å². The Balaban J connectivity index is 2.36. The van der Waals surface area contributed by atoms with Crippen LogP contribution in [0.25, 0.3) is 0 Å². The second-order valence-corrected chi connectivity index (χ2v) is 4.87. The maximum absolute atomic E-state index is 11.9. The molecule has 0 aromatic heterocycles. The lowest BCUT2D eigenvalue weighted by Gasteiger charge is -2.27. The minimum atomic E-state index is -0.0370. The summed E-state index contributed by atoms with van der Waals surface area (Å²) in [7, 11) is 1.61. The van der Waals surface area contributed by atoms with E-state index < -0.39 is 0 Å². The van der Waals surface area contributed by atoms with Crippen molar-refractivity contribution in [3.05, 3.63) is 0 Å². The summed E-state index contributed by atoms with van der Waals surface area (Å²) < 4.78 is 0. The first-order valence-electron chi connectivity index (χ1n) is 5.32. The molecule has 1 aliphatic heterocycles. The molecule has 14 heavy (non-hydrogen) atoms. The zero-order valence-electron chi connectivity index (χ0n) is 9.04. The third-order valence-corrected chi connectivity index (χ3v) is 4.23. The van der Waals surface area contributed by atoms with Gasteiger partial charge in [0.05, 0.1) is 11.8 Å². The Labute approximate surface area is 84.5 Å². The molecule has 0 aromatic carbocycles. The molecule has 0 spiro atoms. The first-order chi connectivity index (χ1) is 6.51. The molecule has 3 atom stereocenters. The van der Waals surface area contributed by atoms with E-state index in [1.165, 1.54) is 4.90 Å². The van der Waals surface area contributed by atoms with Gasteiger partial charge in [-0.15, -0.1) is 0 Å². The van der Waals surface area contributed by atoms with Gasteiger partial charge in [0, 0.05) is 7.05 Å². The normalized spacial score (nSPS) is 42.1. The third kappa shape index (κ3) is 0.983. The van der Waals surface area contributed by atoms with E-state index in [0.29, 0.717) is 0 Å². The zero-order chi connectivity index (χ0) is 10.5. The van der Waals surface area contributed by atoms with E-state index >= 15 is 0 Å². The van der Waals surface area contributed by atoms with Crippen molar-refractivity contribution in [1.82, 2.24) is 4.90 Å². The van der Waals surface area contributed by atoms with Gasteiger partial charge in [0.15, 0.2) is 0 Å². The van der Waals surface area contributed by atoms with Crippen LogP contribution in [0.3, 0.4) is 0 Å². The molecule has 2 rings (SSSR count). The number of hydrogen-bond acceptors (Lipinski definition) is 2. The van der Waals surface area contributed by atoms with Gasteiger partial charge >= 0.3 is 0 Å². The molecule has 1 saturated heterocycles. The molecule has 2 amide bonds. The highest BCUT2D eigenvalue weighted by atomic mass is 16.2. The van der Waals surface area contributed by atoms with Crippen LogP contribution in [0.15, 0.2) is 0 Å². The summed E-state index contributed by atoms with van der Waals surface area (Å²) in [6.07, 6.45) is 2.90. The summed E-state index contributed by atoms with van der Waals surface area (Å²) in [4.78, 5) is 24.9. The lowest BCUT2D eigenvalue weighted by atomic mass is 9.76. The molecule has 3 heteroatoms. The number of carbonyl (C=O) groups excluding carboxylic acids is 2. The summed E-state index contributed by atoms with van der Waals surface area (Å²) in [6, 6.07) is 0. The van der Waals surface area contributed by atoms with Gasteiger partial charge in [0.2, 0.25) is 11.8 Å². The van der Waals surface area contributed by atoms with Crippen LogP contribution in [0.1, 0.15) is 33.1 Å². The fourth-order valence-corrected chi connectivity index (χ4v) is 2.99. The van der Waals surface area contributed by atoms with Crippen LogP contribution < -0.4 is 0 Å². The average Bonchev–Trinajstić information content (AvgIpc) is 2.62. The summed E-state index contributed by atoms with van der Waals surface area (Å²) in [6.45, 7) is 4.25. The molecule has 0 aromatic rings. The van der Waals surface area contributed by atoms with E-state index in [9.17, 15) is 9.59 Å². The lowest BCUT2D eigenvalue weighted by Crippen LogP contribution is -2.32. The molecule has 1 saturated carbocycles. The van der Waals surface area contributed by atoms with Crippen molar-refractivity contribution in [2.45, 2.75) is 33.1 Å². The first-order valence-corrected chi connectivity index (χ1v) is 5.32. The van der Waals surface area contributed by atoms with Gasteiger partial charge in [0.25, 0.3) is 0 Å². The van der Waals surface area contributed by atoms with Crippen LogP contribution in [0.5, 0.6) is 0 Å². The van der Waals surface area contributed by atoms with Crippen molar-refractivity contribution in [2.75, 3.05) is 7.05 Å². The van der Waals surface area contributed by atoms with E-state index in [4.69, 9.17) is 0 Å². The fourth-order valence-electron chi connectivity index (χ4n) is 2.99. The van der Waals surface area contributed by atoms with Gasteiger partial charge in [-0.2, -0.15) is 0 Å². The Morgan fingerprint density at radius 2 is 2.07 bits per heavy atom. The molecule has 2 fully saturated rings. The Morgan fingerprint density at radius 3 is 2.64 bits per heavy atom. The van der Waals surface area contributed by atoms with E-state index in [0.717, 1.165) is 19.3 Å². The van der Waals surface area contributed by atoms with Crippen molar-refractivity contribution < 1.29 is 9.59 Å². The molecule has 3 nitrogen and oxygen atoms in total. The fraction of sp³-hybridized carbons (Fsp3) is 0.818. The molecule has 78 valence electrons. The lowest BCUT2D eigenvalue weighted by molar-refractivity contribution is -0.139. The molecule has 0 bridgehead atoms. The quantitative estimate of drug-likeness (QED) is 0.593. The molecule has 0 radical (unpaired) electrons. The second-order valence-electron chi connectivity index (χ2n) is 4.87. The number of likely N-dealkylation sites (tertiary alicyclic amines) is 1. The smallest absolute Gasteiger partial charge is 0.233 e. The molecule has 0 N–H and O–H groups in total. The minimum Gasteiger partial charge on any atom is -0.285 e. The predicted octanol–water partition coefficient (Wildman–Crippen LogP) is 1.43. The van der Waals surface area contributed by atoms with Crippen LogP contribution >= 0.6 is 0 Å². The van der Waals surface area contributed by atoms with Crippen LogP contribution in [-0.2, 0) is 9.59 Å². The van der Waals surface area contributed by atoms with Crippen LogP contribution in [0.2, 0.25) is 0 Å². The van der Waals surface area contributed by atoms with Crippen molar-refractivity contribution in [3.63, 3.8) is 0 Å². The SMILES string of the molecule is CCC1(C)CC[C@@H]2C(=O)N(C)C(=O)C21. The zero-order valence-corrected chi connectivity index (χ0v) is 9.04. The number of fused-ring (bicyclic) bond motifs is 1. The van der Waals surface area contributed by atoms with E-state index in [1.54, 1.807) is 7.05 Å². The first kappa shape index (κ1) is 9.69. The average molecular weight is 195 g/mol. The maximum atomic E-state index is 11.9. The highest BCUT2D eigenvalue weighted by molar-refractivity contribution is 6.05. The summed E-state index contributed by atoms with van der Waals surface area (Å²) in [5.41, 5.74) is 0.0577. The minimum absolute atomic E-state index is 0.0163. The highest BCUT2D eigenvalue weighted by Crippen LogP contribution is 2.52. The van der Waals surface area contributed by atoms with Gasteiger partial charge in [-0.25, -0.2) is 0 Å². The standard InChI is InChI=1S/C11H17NO2/c1-4-11(2)6-5-7-8(11)10(14)12(3)9(7)13/h7-8H,4-6H2,1-3H3/t7-,8?,11?/m0/s1. The van der Waals surface area contributed by atoms with E-state index in [2.05, 4.69) is 13.8 Å². The number of hydrogen-bond donors (Lipinski definition) is 0. The van der Waals surface area contributed by atoms with Crippen LogP contribution in [0.4, 0.5) is 0 Å². The number of imide groups is 1. The van der Waals surface area contributed by atoms with Crippen molar-refractivity contribution in [3.8, 4) is 0 Å². The highest BCUT2D eigenvalue weighted by Gasteiger charge is 2.57. The molecular formula is C11H17NO2. The van der Waals surface area contributed by atoms with E-state index in [1.807, 2.05) is 0 Å². The molecule has 2 aliphatic rings. The van der Waals surface area contributed by atoms with Crippen LogP contribution in [0, 0.1) is 17.3 Å². The number of carbonyl (C=O) groups is 2. The Kier molecular flexibility index (Phi) is 1.95. The summed E-state index contributed by atoms with van der Waals surface area (Å²) >= 11 is 0. The summed E-state index contributed by atoms with van der Waals surface area (Å²) in [5.74, 6) is 0.0291. The van der Waals surface area contributed by atoms with Gasteiger partial charge < -0.3 is 0 Å². The molecule has 2 unspecified atom stereocenters. The second kappa shape index (κ2) is 2.81. The third-order valence-electron chi connectivity index (χ3n) is 4.23. The maximum Gasteiger partial charge on any atom is 0.233 e. The van der Waals surface area contributed by atoms with Gasteiger partial charge in [-0.3, -0.25) is 14.5 Å². The monoisotopic (exact) mass is 195 g/mol. The number of nitrogens with zero attached hydrogens (tertiary/aromatic N) is 1. The largest absolute Gasteiger partial charge is 0.285 e. The molecule has 1 heterocycles. The Hall–Kier alpha value is -0.860. The number of amides is 2. The van der Waals surface area contributed by atoms with E-state index in [-0.39, 0.29) is 29.1 Å². The van der Waals surface area contributed by atoms with Crippen molar-refractivity contribution in [1.29, 1.82) is 0 Å². The Morgan fingerprint density at radius 1 is 1.43 bits per heavy atom.